The number of hydrogen-bond acceptors (Lipinski definition) is 3. The fourth-order valence-corrected chi connectivity index (χ4v) is 1.19. The molecule has 0 fully saturated rings. The highest BCUT2D eigenvalue weighted by atomic mass is 32.2. The summed E-state index contributed by atoms with van der Waals surface area (Å²) in [6.45, 7) is 6.59. The third-order valence-corrected chi connectivity index (χ3v) is 2.19. The van der Waals surface area contributed by atoms with E-state index >= 15 is 0 Å². The molecule has 70 valence electrons. The van der Waals surface area contributed by atoms with E-state index in [1.807, 2.05) is 6.92 Å². The first kappa shape index (κ1) is 11.6. The van der Waals surface area contributed by atoms with Crippen molar-refractivity contribution >= 4 is 10.1 Å². The minimum Gasteiger partial charge on any atom is -0.512 e. The van der Waals surface area contributed by atoms with Gasteiger partial charge in [-0.2, -0.15) is 8.42 Å². The van der Waals surface area contributed by atoms with E-state index in [0.717, 1.165) is 5.56 Å². The topological polar surface area (TPSA) is 78.2 Å². The van der Waals surface area contributed by atoms with E-state index in [2.05, 4.69) is 0 Å². The molecule has 5 heteroatoms. The Balaban J connectivity index is 0.000000671. The number of rotatable bonds is 1. The van der Waals surface area contributed by atoms with Crippen LogP contribution < -0.4 is 0 Å². The van der Waals surface area contributed by atoms with Crippen LogP contribution in [-0.2, 0) is 10.1 Å². The van der Waals surface area contributed by atoms with Crippen molar-refractivity contribution in [3.05, 3.63) is 36.4 Å². The fourth-order valence-electron chi connectivity index (χ4n) is 0.710. The van der Waals surface area contributed by atoms with Crippen LogP contribution in [0.5, 0.6) is 0 Å². The standard InChI is InChI=1S/C7H8O3S.CN/c1-6-2-4-7(5-3-6)11(8,9)10;1-2/h2-5H,1H3,(H,8,9,10);/q;-1. The number of hydrogen-bond donors (Lipinski definition) is 1. The van der Waals surface area contributed by atoms with Gasteiger partial charge in [-0.25, -0.2) is 0 Å². The van der Waals surface area contributed by atoms with Crippen molar-refractivity contribution in [2.45, 2.75) is 11.8 Å². The van der Waals surface area contributed by atoms with Gasteiger partial charge in [0.2, 0.25) is 0 Å². The maximum Gasteiger partial charge on any atom is 0.294 e. The molecule has 0 aromatic heterocycles. The zero-order chi connectivity index (χ0) is 10.5. The lowest BCUT2D eigenvalue weighted by molar-refractivity contribution is 0.483. The highest BCUT2D eigenvalue weighted by Gasteiger charge is 2.06. The Hall–Kier alpha value is -1.38. The highest BCUT2D eigenvalue weighted by molar-refractivity contribution is 7.85. The van der Waals surface area contributed by atoms with Crippen LogP contribution >= 0.6 is 0 Å². The van der Waals surface area contributed by atoms with Gasteiger partial charge in [0.05, 0.1) is 4.90 Å². The SMILES string of the molecule is Cc1ccc(S(=O)(=O)O)cc1.[C-]#N. The van der Waals surface area contributed by atoms with Crippen LogP contribution in [0.4, 0.5) is 0 Å². The van der Waals surface area contributed by atoms with Gasteiger partial charge in [0, 0.05) is 0 Å². The van der Waals surface area contributed by atoms with Crippen molar-refractivity contribution in [3.63, 3.8) is 0 Å². The Morgan fingerprint density at radius 3 is 1.92 bits per heavy atom. The molecule has 0 bridgehead atoms. The lowest BCUT2D eigenvalue weighted by Crippen LogP contribution is -1.96. The third-order valence-electron chi connectivity index (χ3n) is 1.32. The predicted molar refractivity (Wildman–Crippen MR) is 46.0 cm³/mol. The molecule has 4 nitrogen and oxygen atoms in total. The van der Waals surface area contributed by atoms with E-state index in [1.54, 1.807) is 12.1 Å². The molecule has 1 aromatic rings. The molecule has 0 amide bonds. The van der Waals surface area contributed by atoms with Crippen LogP contribution in [-0.4, -0.2) is 13.0 Å². The first-order valence-corrected chi connectivity index (χ1v) is 4.71. The molecule has 1 aromatic carbocycles. The second kappa shape index (κ2) is 4.60. The van der Waals surface area contributed by atoms with E-state index in [4.69, 9.17) is 16.4 Å². The first-order chi connectivity index (χ1) is 6.00. The van der Waals surface area contributed by atoms with Gasteiger partial charge in [-0.1, -0.05) is 17.7 Å². The molecule has 1 N–H and O–H groups in total. The van der Waals surface area contributed by atoms with Crippen LogP contribution in [0.25, 0.3) is 0 Å². The first-order valence-electron chi connectivity index (χ1n) is 3.27. The van der Waals surface area contributed by atoms with Crippen molar-refractivity contribution in [2.75, 3.05) is 0 Å². The minimum atomic E-state index is -4.02. The summed E-state index contributed by atoms with van der Waals surface area (Å²) in [6.07, 6.45) is 0. The van der Waals surface area contributed by atoms with Gasteiger partial charge < -0.3 is 11.8 Å². The third kappa shape index (κ3) is 3.69. The Morgan fingerprint density at radius 1 is 1.23 bits per heavy atom. The Labute approximate surface area is 77.2 Å². The van der Waals surface area contributed by atoms with Gasteiger partial charge in [-0.3, -0.25) is 4.55 Å². The monoisotopic (exact) mass is 198 g/mol. The molecule has 0 unspecified atom stereocenters. The molecule has 0 heterocycles. The number of nitrogens with zero attached hydrogens (tertiary/aromatic N) is 1. The summed E-state index contributed by atoms with van der Waals surface area (Å²) < 4.78 is 29.6. The van der Waals surface area contributed by atoms with Gasteiger partial charge in [-0.15, -0.1) is 0 Å². The summed E-state index contributed by atoms with van der Waals surface area (Å²) >= 11 is 0. The maximum absolute atomic E-state index is 10.5. The second-order valence-corrected chi connectivity index (χ2v) is 3.71. The smallest absolute Gasteiger partial charge is 0.294 e. The van der Waals surface area contributed by atoms with Crippen molar-refractivity contribution in [3.8, 4) is 0 Å². The summed E-state index contributed by atoms with van der Waals surface area (Å²) in [4.78, 5) is -0.0666. The zero-order valence-electron chi connectivity index (χ0n) is 6.93. The zero-order valence-corrected chi connectivity index (χ0v) is 7.75. The predicted octanol–water partition coefficient (Wildman–Crippen LogP) is 1.34. The molecule has 0 atom stereocenters. The van der Waals surface area contributed by atoms with Crippen LogP contribution in [0, 0.1) is 18.8 Å². The molecule has 1 rings (SSSR count). The van der Waals surface area contributed by atoms with Crippen molar-refractivity contribution < 1.29 is 13.0 Å². The summed E-state index contributed by atoms with van der Waals surface area (Å²) in [5.74, 6) is 0. The summed E-state index contributed by atoms with van der Waals surface area (Å²) in [5.41, 5.74) is 0.956. The van der Waals surface area contributed by atoms with E-state index in [0.29, 0.717) is 0 Å². The van der Waals surface area contributed by atoms with Crippen LogP contribution in [0.1, 0.15) is 5.56 Å². The van der Waals surface area contributed by atoms with Crippen molar-refractivity contribution in [1.29, 1.82) is 5.26 Å². The summed E-state index contributed by atoms with van der Waals surface area (Å²) in [6, 6.07) is 5.99. The molecule has 0 aliphatic carbocycles. The largest absolute Gasteiger partial charge is 0.512 e. The van der Waals surface area contributed by atoms with Gasteiger partial charge in [-0.05, 0) is 19.1 Å². The van der Waals surface area contributed by atoms with E-state index in [-0.39, 0.29) is 4.90 Å². The molecule has 0 spiro atoms. The molecule has 13 heavy (non-hydrogen) atoms. The van der Waals surface area contributed by atoms with Crippen LogP contribution in [0.3, 0.4) is 0 Å². The van der Waals surface area contributed by atoms with E-state index in [9.17, 15) is 8.42 Å². The Morgan fingerprint density at radius 2 is 1.62 bits per heavy atom. The summed E-state index contributed by atoms with van der Waals surface area (Å²) in [7, 11) is -4.02. The van der Waals surface area contributed by atoms with Crippen molar-refractivity contribution in [1.82, 2.24) is 0 Å². The van der Waals surface area contributed by atoms with E-state index in [1.165, 1.54) is 12.1 Å². The second-order valence-electron chi connectivity index (χ2n) is 2.29. The van der Waals surface area contributed by atoms with E-state index < -0.39 is 10.1 Å². The average Bonchev–Trinajstić information content (AvgIpc) is 2.07. The molecule has 0 aliphatic heterocycles. The molecule has 0 aliphatic rings. The van der Waals surface area contributed by atoms with Crippen LogP contribution in [0.15, 0.2) is 29.2 Å². The van der Waals surface area contributed by atoms with Gasteiger partial charge in [0.25, 0.3) is 10.1 Å². The molecule has 0 saturated heterocycles. The van der Waals surface area contributed by atoms with Gasteiger partial charge in [0.1, 0.15) is 0 Å². The molecular weight excluding hydrogens is 190 g/mol. The van der Waals surface area contributed by atoms with Crippen LogP contribution in [0.2, 0.25) is 0 Å². The fraction of sp³-hybridized carbons (Fsp3) is 0.125. The quantitative estimate of drug-likeness (QED) is 0.545. The minimum absolute atomic E-state index is 0.0666. The molecular formula is C8H8NO3S-. The summed E-state index contributed by atoms with van der Waals surface area (Å²) in [5, 5.41) is 6.25. The van der Waals surface area contributed by atoms with Gasteiger partial charge >= 0.3 is 0 Å². The Kier molecular flexibility index (Phi) is 4.11. The normalized spacial score (nSPS) is 9.85. The average molecular weight is 198 g/mol. The van der Waals surface area contributed by atoms with Crippen molar-refractivity contribution in [2.24, 2.45) is 0 Å². The maximum atomic E-state index is 10.5. The molecule has 0 saturated carbocycles. The lowest BCUT2D eigenvalue weighted by Gasteiger charge is -1.95. The lowest BCUT2D eigenvalue weighted by atomic mass is 10.2. The number of aryl methyl sites for hydroxylation is 1. The number of benzene rings is 1. The highest BCUT2D eigenvalue weighted by Crippen LogP contribution is 2.08. The Bertz CT molecular complexity index is 378. The van der Waals surface area contributed by atoms with Gasteiger partial charge in [0.15, 0.2) is 0 Å². The molecule has 0 radical (unpaired) electrons.